The molecular formula is C3H7CuNO5S. The van der Waals surface area contributed by atoms with Crippen LogP contribution in [0.25, 0.3) is 0 Å². The maximum atomic E-state index is 9.96. The van der Waals surface area contributed by atoms with Gasteiger partial charge in [-0.05, 0) is 0 Å². The van der Waals surface area contributed by atoms with E-state index in [-0.39, 0.29) is 17.1 Å². The van der Waals surface area contributed by atoms with Crippen molar-refractivity contribution in [1.82, 2.24) is 0 Å². The van der Waals surface area contributed by atoms with Crippen molar-refractivity contribution < 1.29 is 39.9 Å². The van der Waals surface area contributed by atoms with Crippen LogP contribution < -0.4 is 5.73 Å². The van der Waals surface area contributed by atoms with Gasteiger partial charge in [0.2, 0.25) is 0 Å². The molecule has 4 N–H and O–H groups in total. The van der Waals surface area contributed by atoms with E-state index in [9.17, 15) is 13.2 Å². The van der Waals surface area contributed by atoms with Gasteiger partial charge in [0.15, 0.2) is 0 Å². The van der Waals surface area contributed by atoms with E-state index in [0.29, 0.717) is 0 Å². The summed E-state index contributed by atoms with van der Waals surface area (Å²) in [5, 5.41) is 8.04. The summed E-state index contributed by atoms with van der Waals surface area (Å²) in [7, 11) is -4.27. The minimum atomic E-state index is -4.27. The number of rotatable bonds is 3. The topological polar surface area (TPSA) is 118 Å². The molecule has 0 spiro atoms. The predicted molar refractivity (Wildman–Crippen MR) is 32.0 cm³/mol. The Morgan fingerprint density at radius 1 is 1.55 bits per heavy atom. The third-order valence-corrected chi connectivity index (χ3v) is 1.49. The first kappa shape index (κ1) is 13.4. The molecule has 0 bridgehead atoms. The SMILES string of the molecule is N[C@H](CS(=O)(=O)O)C(=O)O.[Cu]. The van der Waals surface area contributed by atoms with Crippen LogP contribution in [0.5, 0.6) is 0 Å². The molecule has 0 rings (SSSR count). The van der Waals surface area contributed by atoms with Crippen molar-refractivity contribution in [2.45, 2.75) is 6.04 Å². The minimum absolute atomic E-state index is 0. The van der Waals surface area contributed by atoms with E-state index in [1.54, 1.807) is 0 Å². The molecule has 8 heteroatoms. The molecule has 0 heterocycles. The van der Waals surface area contributed by atoms with Crippen LogP contribution >= 0.6 is 0 Å². The summed E-state index contributed by atoms with van der Waals surface area (Å²) in [6.45, 7) is 0. The van der Waals surface area contributed by atoms with Gasteiger partial charge in [-0.3, -0.25) is 9.35 Å². The quantitative estimate of drug-likeness (QED) is 0.394. The van der Waals surface area contributed by atoms with E-state index in [1.807, 2.05) is 0 Å². The Bertz CT molecular complexity index is 224. The van der Waals surface area contributed by atoms with Crippen LogP contribution in [0.1, 0.15) is 0 Å². The number of carboxylic acid groups (broad SMARTS) is 1. The molecule has 0 aliphatic heterocycles. The number of carbonyl (C=O) groups is 1. The van der Waals surface area contributed by atoms with E-state index in [4.69, 9.17) is 15.4 Å². The zero-order chi connectivity index (χ0) is 8.36. The molecule has 0 aliphatic rings. The Morgan fingerprint density at radius 3 is 2.00 bits per heavy atom. The Kier molecular flexibility index (Phi) is 5.72. The van der Waals surface area contributed by atoms with E-state index in [1.165, 1.54) is 0 Å². The Labute approximate surface area is 74.0 Å². The van der Waals surface area contributed by atoms with Crippen molar-refractivity contribution >= 4 is 16.1 Å². The van der Waals surface area contributed by atoms with Gasteiger partial charge in [-0.25, -0.2) is 0 Å². The Morgan fingerprint density at radius 2 is 1.91 bits per heavy atom. The molecule has 1 radical (unpaired) electrons. The molecule has 1 atom stereocenters. The fourth-order valence-electron chi connectivity index (χ4n) is 0.298. The summed E-state index contributed by atoms with van der Waals surface area (Å²) in [4.78, 5) is 9.88. The van der Waals surface area contributed by atoms with Crippen molar-refractivity contribution in [1.29, 1.82) is 0 Å². The van der Waals surface area contributed by atoms with Gasteiger partial charge in [0, 0.05) is 17.1 Å². The summed E-state index contributed by atoms with van der Waals surface area (Å²) in [6, 6.07) is -1.56. The molecule has 0 aliphatic carbocycles. The number of nitrogens with two attached hydrogens (primary N) is 1. The molecule has 0 aromatic rings. The monoisotopic (exact) mass is 232 g/mol. The van der Waals surface area contributed by atoms with Crippen molar-refractivity contribution in [3.8, 4) is 0 Å². The van der Waals surface area contributed by atoms with Gasteiger partial charge in [-0.15, -0.1) is 0 Å². The van der Waals surface area contributed by atoms with Crippen LogP contribution in [0.3, 0.4) is 0 Å². The van der Waals surface area contributed by atoms with Gasteiger partial charge in [0.05, 0.1) is 0 Å². The van der Waals surface area contributed by atoms with Crippen LogP contribution in [-0.4, -0.2) is 35.8 Å². The first-order chi connectivity index (χ1) is 4.33. The molecule has 0 unspecified atom stereocenters. The molecule has 11 heavy (non-hydrogen) atoms. The Balaban J connectivity index is 0. The number of carboxylic acids is 1. The van der Waals surface area contributed by atoms with Crippen LogP contribution in [0, 0.1) is 0 Å². The second kappa shape index (κ2) is 4.68. The van der Waals surface area contributed by atoms with Crippen molar-refractivity contribution in [2.24, 2.45) is 5.73 Å². The zero-order valence-electron chi connectivity index (χ0n) is 5.19. The molecule has 0 fully saturated rings. The maximum absolute atomic E-state index is 9.96. The van der Waals surface area contributed by atoms with Gasteiger partial charge in [-0.1, -0.05) is 0 Å². The second-order valence-corrected chi connectivity index (χ2v) is 3.19. The molecular weight excluding hydrogens is 226 g/mol. The van der Waals surface area contributed by atoms with E-state index in [0.717, 1.165) is 0 Å². The van der Waals surface area contributed by atoms with Crippen LogP contribution in [0.4, 0.5) is 0 Å². The molecule has 0 aromatic heterocycles. The third-order valence-electron chi connectivity index (χ3n) is 0.707. The van der Waals surface area contributed by atoms with Gasteiger partial charge in [0.25, 0.3) is 10.1 Å². The Hall–Kier alpha value is -0.141. The summed E-state index contributed by atoms with van der Waals surface area (Å²) < 4.78 is 28.0. The third kappa shape index (κ3) is 7.76. The standard InChI is InChI=1S/C3H7NO5S.Cu/c4-2(3(5)6)1-10(7,8)9;/h2H,1,4H2,(H,5,6)(H,7,8,9);/t2-;/m1./s1. The average molecular weight is 233 g/mol. The van der Waals surface area contributed by atoms with Crippen LogP contribution in [0.2, 0.25) is 0 Å². The molecule has 0 saturated heterocycles. The summed E-state index contributed by atoms with van der Waals surface area (Å²) in [5.74, 6) is -2.42. The van der Waals surface area contributed by atoms with Crippen molar-refractivity contribution in [3.63, 3.8) is 0 Å². The van der Waals surface area contributed by atoms with Crippen LogP contribution in [0.15, 0.2) is 0 Å². The summed E-state index contributed by atoms with van der Waals surface area (Å²) in [6.07, 6.45) is 0. The van der Waals surface area contributed by atoms with Gasteiger partial charge in [0.1, 0.15) is 11.8 Å². The van der Waals surface area contributed by atoms with E-state index >= 15 is 0 Å². The zero-order valence-corrected chi connectivity index (χ0v) is 6.95. The number of aliphatic carboxylic acids is 1. The molecule has 0 amide bonds. The molecule has 0 saturated carbocycles. The van der Waals surface area contributed by atoms with Crippen molar-refractivity contribution in [3.05, 3.63) is 0 Å². The summed E-state index contributed by atoms with van der Waals surface area (Å²) >= 11 is 0. The molecule has 0 aromatic carbocycles. The second-order valence-electron chi connectivity index (χ2n) is 1.69. The normalized spacial score (nSPS) is 13.3. The van der Waals surface area contributed by atoms with E-state index < -0.39 is 27.9 Å². The first-order valence-electron chi connectivity index (χ1n) is 2.26. The van der Waals surface area contributed by atoms with Gasteiger partial charge in [-0.2, -0.15) is 8.42 Å². The smallest absolute Gasteiger partial charge is 0.321 e. The largest absolute Gasteiger partial charge is 0.480 e. The van der Waals surface area contributed by atoms with Gasteiger partial charge < -0.3 is 10.8 Å². The van der Waals surface area contributed by atoms with Crippen LogP contribution in [-0.2, 0) is 32.0 Å². The first-order valence-corrected chi connectivity index (χ1v) is 3.87. The predicted octanol–water partition coefficient (Wildman–Crippen LogP) is -1.72. The fraction of sp³-hybridized carbons (Fsp3) is 0.667. The van der Waals surface area contributed by atoms with E-state index in [2.05, 4.69) is 0 Å². The molecule has 6 nitrogen and oxygen atoms in total. The van der Waals surface area contributed by atoms with Gasteiger partial charge >= 0.3 is 5.97 Å². The minimum Gasteiger partial charge on any atom is -0.480 e. The maximum Gasteiger partial charge on any atom is 0.321 e. The number of hydrogen-bond acceptors (Lipinski definition) is 4. The average Bonchev–Trinajstić information content (AvgIpc) is 1.60. The van der Waals surface area contributed by atoms with Crippen molar-refractivity contribution in [2.75, 3.05) is 5.75 Å². The number of hydrogen-bond donors (Lipinski definition) is 3. The summed E-state index contributed by atoms with van der Waals surface area (Å²) in [5.41, 5.74) is 4.76. The fourth-order valence-corrected chi connectivity index (χ4v) is 0.895. The molecule has 71 valence electrons.